The van der Waals surface area contributed by atoms with E-state index in [4.69, 9.17) is 4.74 Å². The minimum Gasteiger partial charge on any atom is -0.492 e. The molecular weight excluding hydrogens is 335 g/mol. The molecule has 0 saturated carbocycles. The van der Waals surface area contributed by atoms with Gasteiger partial charge in [0, 0.05) is 26.6 Å². The van der Waals surface area contributed by atoms with Gasteiger partial charge in [-0.05, 0) is 52.3 Å². The summed E-state index contributed by atoms with van der Waals surface area (Å²) in [6, 6.07) is 9.54. The summed E-state index contributed by atoms with van der Waals surface area (Å²) in [5.74, 6) is 0.323. The molecule has 21 heavy (non-hydrogen) atoms. The largest absolute Gasteiger partial charge is 0.492 e. The van der Waals surface area contributed by atoms with Crippen LogP contribution in [0.2, 0.25) is 0 Å². The Morgan fingerprint density at radius 3 is 2.71 bits per heavy atom. The van der Waals surface area contributed by atoms with Gasteiger partial charge in [0.2, 0.25) is 0 Å². The minimum atomic E-state index is -0.373. The first-order valence-corrected chi connectivity index (χ1v) is 7.45. The van der Waals surface area contributed by atoms with Crippen LogP contribution in [0, 0.1) is 5.82 Å². The zero-order valence-electron chi connectivity index (χ0n) is 11.7. The van der Waals surface area contributed by atoms with E-state index < -0.39 is 0 Å². The Morgan fingerprint density at radius 2 is 2.00 bits per heavy atom. The molecule has 1 aliphatic heterocycles. The third kappa shape index (κ3) is 2.48. The maximum Gasteiger partial charge on any atom is 0.194 e. The normalized spacial score (nSPS) is 15.4. The highest BCUT2D eigenvalue weighted by Crippen LogP contribution is 2.39. The lowest BCUT2D eigenvalue weighted by Gasteiger charge is -2.15. The molecule has 1 heterocycles. The number of ketones is 1. The van der Waals surface area contributed by atoms with Crippen LogP contribution in [-0.4, -0.2) is 12.4 Å². The Bertz CT molecular complexity index is 738. The SMILES string of the molecule is CC1(C)COc2ccc(C(=O)c3ccc(F)cc3Br)cc21. The molecule has 0 unspecified atom stereocenters. The smallest absolute Gasteiger partial charge is 0.194 e. The average Bonchev–Trinajstić information content (AvgIpc) is 2.74. The summed E-state index contributed by atoms with van der Waals surface area (Å²) < 4.78 is 19.2. The van der Waals surface area contributed by atoms with E-state index in [9.17, 15) is 9.18 Å². The van der Waals surface area contributed by atoms with E-state index in [-0.39, 0.29) is 17.0 Å². The lowest BCUT2D eigenvalue weighted by Crippen LogP contribution is -2.18. The summed E-state index contributed by atoms with van der Waals surface area (Å²) in [4.78, 5) is 12.6. The molecule has 3 rings (SSSR count). The number of fused-ring (bicyclic) bond motifs is 1. The van der Waals surface area contributed by atoms with Gasteiger partial charge < -0.3 is 4.74 Å². The quantitative estimate of drug-likeness (QED) is 0.747. The summed E-state index contributed by atoms with van der Waals surface area (Å²) in [5, 5.41) is 0. The Morgan fingerprint density at radius 1 is 1.24 bits per heavy atom. The molecular formula is C17H14BrFO2. The van der Waals surface area contributed by atoms with Crippen LogP contribution >= 0.6 is 15.9 Å². The summed E-state index contributed by atoms with van der Waals surface area (Å²) in [6.45, 7) is 4.78. The molecule has 0 amide bonds. The second-order valence-electron chi connectivity index (χ2n) is 5.84. The molecule has 2 aromatic rings. The molecule has 0 radical (unpaired) electrons. The van der Waals surface area contributed by atoms with Gasteiger partial charge >= 0.3 is 0 Å². The fourth-order valence-corrected chi connectivity index (χ4v) is 3.02. The molecule has 0 aromatic heterocycles. The molecule has 4 heteroatoms. The van der Waals surface area contributed by atoms with E-state index in [2.05, 4.69) is 29.8 Å². The number of rotatable bonds is 2. The Hall–Kier alpha value is -1.68. The van der Waals surface area contributed by atoms with Crippen LogP contribution in [0.5, 0.6) is 5.75 Å². The first-order valence-electron chi connectivity index (χ1n) is 6.65. The molecule has 0 fully saturated rings. The van der Waals surface area contributed by atoms with Crippen LogP contribution in [0.1, 0.15) is 35.3 Å². The van der Waals surface area contributed by atoms with E-state index in [1.165, 1.54) is 18.2 Å². The number of hydrogen-bond donors (Lipinski definition) is 0. The van der Waals surface area contributed by atoms with Crippen molar-refractivity contribution in [2.24, 2.45) is 0 Å². The average molecular weight is 349 g/mol. The van der Waals surface area contributed by atoms with Crippen molar-refractivity contribution in [3.8, 4) is 5.75 Å². The van der Waals surface area contributed by atoms with Crippen molar-refractivity contribution in [1.82, 2.24) is 0 Å². The third-order valence-electron chi connectivity index (χ3n) is 3.74. The highest BCUT2D eigenvalue weighted by atomic mass is 79.9. The van der Waals surface area contributed by atoms with Crippen LogP contribution in [0.15, 0.2) is 40.9 Å². The van der Waals surface area contributed by atoms with Gasteiger partial charge in [-0.1, -0.05) is 13.8 Å². The number of carbonyl (C=O) groups excluding carboxylic acids is 1. The molecule has 0 N–H and O–H groups in total. The van der Waals surface area contributed by atoms with Crippen LogP contribution in [0.25, 0.3) is 0 Å². The van der Waals surface area contributed by atoms with Crippen LogP contribution in [0.3, 0.4) is 0 Å². The van der Waals surface area contributed by atoms with Gasteiger partial charge in [-0.25, -0.2) is 4.39 Å². The fourth-order valence-electron chi connectivity index (χ4n) is 2.49. The van der Waals surface area contributed by atoms with E-state index in [1.807, 2.05) is 12.1 Å². The van der Waals surface area contributed by atoms with E-state index in [0.29, 0.717) is 22.2 Å². The van der Waals surface area contributed by atoms with Gasteiger partial charge in [-0.2, -0.15) is 0 Å². The molecule has 0 aliphatic carbocycles. The third-order valence-corrected chi connectivity index (χ3v) is 4.39. The summed E-state index contributed by atoms with van der Waals surface area (Å²) in [7, 11) is 0. The first kappa shape index (κ1) is 14.3. The standard InChI is InChI=1S/C17H14BrFO2/c1-17(2)9-21-15-6-3-10(7-13(15)17)16(20)12-5-4-11(19)8-14(12)18/h3-8H,9H2,1-2H3. The minimum absolute atomic E-state index is 0.106. The summed E-state index contributed by atoms with van der Waals surface area (Å²) in [5.41, 5.74) is 1.96. The van der Waals surface area contributed by atoms with Crippen molar-refractivity contribution < 1.29 is 13.9 Å². The van der Waals surface area contributed by atoms with Crippen molar-refractivity contribution in [2.75, 3.05) is 6.61 Å². The Balaban J connectivity index is 2.03. The zero-order chi connectivity index (χ0) is 15.2. The number of benzene rings is 2. The van der Waals surface area contributed by atoms with Gasteiger partial charge in [0.15, 0.2) is 5.78 Å². The Kier molecular flexibility index (Phi) is 3.36. The zero-order valence-corrected chi connectivity index (χ0v) is 13.3. The molecule has 0 atom stereocenters. The maximum atomic E-state index is 13.1. The summed E-state index contributed by atoms with van der Waals surface area (Å²) in [6.07, 6.45) is 0. The van der Waals surface area contributed by atoms with E-state index in [1.54, 1.807) is 6.07 Å². The van der Waals surface area contributed by atoms with Crippen LogP contribution in [-0.2, 0) is 5.41 Å². The van der Waals surface area contributed by atoms with Crippen molar-refractivity contribution in [3.05, 3.63) is 63.4 Å². The molecule has 2 aromatic carbocycles. The van der Waals surface area contributed by atoms with Gasteiger partial charge in [0.05, 0.1) is 6.61 Å². The molecule has 1 aliphatic rings. The maximum absolute atomic E-state index is 13.1. The highest BCUT2D eigenvalue weighted by molar-refractivity contribution is 9.10. The first-order chi connectivity index (χ1) is 9.88. The Labute approximate surface area is 131 Å². The van der Waals surface area contributed by atoms with E-state index >= 15 is 0 Å². The fraction of sp³-hybridized carbons (Fsp3) is 0.235. The van der Waals surface area contributed by atoms with Gasteiger partial charge in [-0.15, -0.1) is 0 Å². The molecule has 0 bridgehead atoms. The monoisotopic (exact) mass is 348 g/mol. The molecule has 0 spiro atoms. The number of halogens is 2. The molecule has 0 saturated heterocycles. The number of hydrogen-bond acceptors (Lipinski definition) is 2. The predicted octanol–water partition coefficient (Wildman–Crippen LogP) is 4.49. The van der Waals surface area contributed by atoms with Crippen molar-refractivity contribution in [1.29, 1.82) is 0 Å². The lowest BCUT2D eigenvalue weighted by atomic mass is 9.85. The highest BCUT2D eigenvalue weighted by Gasteiger charge is 2.32. The summed E-state index contributed by atoms with van der Waals surface area (Å²) >= 11 is 3.24. The van der Waals surface area contributed by atoms with Crippen molar-refractivity contribution in [2.45, 2.75) is 19.3 Å². The van der Waals surface area contributed by atoms with Gasteiger partial charge in [-0.3, -0.25) is 4.79 Å². The van der Waals surface area contributed by atoms with Gasteiger partial charge in [0.1, 0.15) is 11.6 Å². The van der Waals surface area contributed by atoms with Crippen LogP contribution in [0.4, 0.5) is 4.39 Å². The van der Waals surface area contributed by atoms with Gasteiger partial charge in [0.25, 0.3) is 0 Å². The van der Waals surface area contributed by atoms with Crippen LogP contribution < -0.4 is 4.74 Å². The molecule has 2 nitrogen and oxygen atoms in total. The second kappa shape index (κ2) is 4.95. The second-order valence-corrected chi connectivity index (χ2v) is 6.69. The van der Waals surface area contributed by atoms with E-state index in [0.717, 1.165) is 11.3 Å². The lowest BCUT2D eigenvalue weighted by molar-refractivity contribution is 0.103. The number of ether oxygens (including phenoxy) is 1. The number of carbonyl (C=O) groups is 1. The van der Waals surface area contributed by atoms with Crippen molar-refractivity contribution in [3.63, 3.8) is 0 Å². The van der Waals surface area contributed by atoms with Crippen molar-refractivity contribution >= 4 is 21.7 Å². The topological polar surface area (TPSA) is 26.3 Å². The predicted molar refractivity (Wildman–Crippen MR) is 82.5 cm³/mol. The molecule has 108 valence electrons.